The number of ketones is 1. The van der Waals surface area contributed by atoms with Crippen LogP contribution in [0.5, 0.6) is 0 Å². The van der Waals surface area contributed by atoms with E-state index in [1.807, 2.05) is 0 Å². The Hall–Kier alpha value is -6.18. The zero-order valence-electron chi connectivity index (χ0n) is 32.7. The number of hydrogen-bond donors (Lipinski definition) is 8. The van der Waals surface area contributed by atoms with Crippen molar-refractivity contribution >= 4 is 53.1 Å². The van der Waals surface area contributed by atoms with Crippen LogP contribution in [0.15, 0.2) is 42.9 Å². The first-order valence-corrected chi connectivity index (χ1v) is 19.2. The Kier molecular flexibility index (Phi) is 16.0. The van der Waals surface area contributed by atoms with Crippen molar-refractivity contribution in [2.45, 2.75) is 95.5 Å². The Morgan fingerprint density at radius 2 is 1.45 bits per heavy atom. The molecule has 0 spiro atoms. The van der Waals surface area contributed by atoms with Crippen molar-refractivity contribution in [2.75, 3.05) is 26.2 Å². The Morgan fingerprint density at radius 3 is 2.07 bits per heavy atom. The number of nitrogens with zero attached hydrogens (tertiary/aromatic N) is 3. The summed E-state index contributed by atoms with van der Waals surface area (Å²) in [6.45, 7) is 4.12. The number of Topliss-reactive ketones (excluding diaryl/α,β-unsaturated/α-hetero) is 1. The number of benzene rings is 1. The second kappa shape index (κ2) is 20.8. The smallest absolute Gasteiger partial charge is 0.305 e. The van der Waals surface area contributed by atoms with E-state index in [9.17, 15) is 48.3 Å². The number of aromatic nitrogens is 2. The number of hydrogen-bond acceptors (Lipinski definition) is 11. The molecule has 20 nitrogen and oxygen atoms in total. The highest BCUT2D eigenvalue weighted by molar-refractivity contribution is 6.03. The van der Waals surface area contributed by atoms with Crippen molar-refractivity contribution in [1.82, 2.24) is 46.4 Å². The summed E-state index contributed by atoms with van der Waals surface area (Å²) >= 11 is 0. The van der Waals surface area contributed by atoms with Crippen molar-refractivity contribution in [3.05, 3.63) is 54.1 Å². The predicted octanol–water partition coefficient (Wildman–Crippen LogP) is -2.02. The number of carboxylic acids is 1. The zero-order valence-corrected chi connectivity index (χ0v) is 32.7. The van der Waals surface area contributed by atoms with E-state index in [0.29, 0.717) is 43.5 Å². The van der Waals surface area contributed by atoms with Gasteiger partial charge in [0.25, 0.3) is 0 Å². The summed E-state index contributed by atoms with van der Waals surface area (Å²) in [5, 5.41) is 21.2. The van der Waals surface area contributed by atoms with Gasteiger partial charge in [-0.25, -0.2) is 4.98 Å². The maximum absolute atomic E-state index is 13.9. The molecule has 58 heavy (non-hydrogen) atoms. The molecule has 2 aromatic rings. The van der Waals surface area contributed by atoms with E-state index in [2.05, 4.69) is 36.6 Å². The molecule has 2 aliphatic rings. The minimum absolute atomic E-state index is 0.138. The van der Waals surface area contributed by atoms with E-state index in [0.717, 1.165) is 0 Å². The van der Waals surface area contributed by atoms with E-state index in [1.165, 1.54) is 24.3 Å². The molecule has 0 unspecified atom stereocenters. The minimum atomic E-state index is -1.65. The standard InChI is InChI=1S/C38H52N10O10/c1-21(2)32(38(58)48-14-8-12-28(48)37(57)47-13-7-11-27(47)33(53)23-9-5-4-6-10-23)46-30(50)19-42-36(56)26(16-31(51)52)45-34(54)22(3)44-29(49)18-41-35(55)25(39)15-24-17-40-20-43-24/h4-6,9-10,17,20-22,25-28,32H,7-8,11-16,18-19,39H2,1-3H3,(H,40,43)(H,41,55)(H,42,56)(H,44,49)(H,45,54)(H,46,50)(H,51,52)/t22-,25-,26-,27-,28-,32-/m0/s1. The van der Waals surface area contributed by atoms with Gasteiger partial charge in [-0.3, -0.25) is 43.2 Å². The van der Waals surface area contributed by atoms with Crippen LogP contribution in [0.4, 0.5) is 0 Å². The molecule has 9 N–H and O–H groups in total. The second-order valence-corrected chi connectivity index (χ2v) is 14.7. The van der Waals surface area contributed by atoms with Crippen LogP contribution in [0.1, 0.15) is 68.9 Å². The molecule has 20 heteroatoms. The lowest BCUT2D eigenvalue weighted by atomic mass is 10.0. The van der Waals surface area contributed by atoms with Gasteiger partial charge in [-0.2, -0.15) is 0 Å². The van der Waals surface area contributed by atoms with Crippen LogP contribution < -0.4 is 32.3 Å². The quantitative estimate of drug-likeness (QED) is 0.0714. The Balaban J connectivity index is 1.28. The van der Waals surface area contributed by atoms with Crippen LogP contribution in [0.25, 0.3) is 0 Å². The molecule has 0 aliphatic carbocycles. The third-order valence-corrected chi connectivity index (χ3v) is 9.93. The van der Waals surface area contributed by atoms with Gasteiger partial charge in [-0.1, -0.05) is 44.2 Å². The molecule has 314 valence electrons. The molecule has 1 aromatic carbocycles. The number of amides is 7. The maximum atomic E-state index is 13.9. The van der Waals surface area contributed by atoms with Crippen molar-refractivity contribution in [1.29, 1.82) is 0 Å². The summed E-state index contributed by atoms with van der Waals surface area (Å²) in [6, 6.07) is 2.26. The van der Waals surface area contributed by atoms with Crippen LogP contribution in [-0.2, 0) is 44.8 Å². The molecule has 3 heterocycles. The summed E-state index contributed by atoms with van der Waals surface area (Å²) in [7, 11) is 0. The molecule has 7 amide bonds. The summed E-state index contributed by atoms with van der Waals surface area (Å²) in [4.78, 5) is 126. The molecule has 0 radical (unpaired) electrons. The van der Waals surface area contributed by atoms with Gasteiger partial charge in [0.2, 0.25) is 41.4 Å². The van der Waals surface area contributed by atoms with Gasteiger partial charge in [0, 0.05) is 37.0 Å². The van der Waals surface area contributed by atoms with Gasteiger partial charge >= 0.3 is 5.97 Å². The molecule has 0 bridgehead atoms. The third kappa shape index (κ3) is 12.2. The van der Waals surface area contributed by atoms with Crippen LogP contribution in [0.2, 0.25) is 0 Å². The van der Waals surface area contributed by atoms with Gasteiger partial charge < -0.3 is 52.2 Å². The molecule has 4 rings (SSSR count). The second-order valence-electron chi connectivity index (χ2n) is 14.7. The first-order valence-electron chi connectivity index (χ1n) is 19.2. The first kappa shape index (κ1) is 44.5. The van der Waals surface area contributed by atoms with Gasteiger partial charge in [-0.15, -0.1) is 0 Å². The monoisotopic (exact) mass is 808 g/mol. The molecule has 2 aliphatic heterocycles. The highest BCUT2D eigenvalue weighted by Gasteiger charge is 2.44. The Bertz CT molecular complexity index is 1820. The molecule has 1 aromatic heterocycles. The summed E-state index contributed by atoms with van der Waals surface area (Å²) in [6.07, 6.45) is 4.28. The highest BCUT2D eigenvalue weighted by atomic mass is 16.4. The number of likely N-dealkylation sites (tertiary alicyclic amines) is 2. The fourth-order valence-electron chi connectivity index (χ4n) is 6.85. The predicted molar refractivity (Wildman–Crippen MR) is 205 cm³/mol. The lowest BCUT2D eigenvalue weighted by molar-refractivity contribution is -0.146. The molecular weight excluding hydrogens is 756 g/mol. The van der Waals surface area contributed by atoms with Crippen LogP contribution in [-0.4, -0.2) is 140 Å². The van der Waals surface area contributed by atoms with Crippen LogP contribution in [0.3, 0.4) is 0 Å². The summed E-state index contributed by atoms with van der Waals surface area (Å²) in [5.41, 5.74) is 6.95. The number of H-pyrrole nitrogens is 1. The van der Waals surface area contributed by atoms with Gasteiger partial charge in [-0.05, 0) is 38.5 Å². The number of carboxylic acid groups (broad SMARTS) is 1. The van der Waals surface area contributed by atoms with Crippen molar-refractivity contribution in [2.24, 2.45) is 11.7 Å². The fourth-order valence-corrected chi connectivity index (χ4v) is 6.85. The number of carbonyl (C=O) groups excluding carboxylic acids is 8. The molecule has 6 atom stereocenters. The van der Waals surface area contributed by atoms with E-state index >= 15 is 0 Å². The number of nitrogens with two attached hydrogens (primary N) is 1. The molecular formula is C38H52N10O10. The number of aliphatic carboxylic acids is 1. The third-order valence-electron chi connectivity index (χ3n) is 9.93. The maximum Gasteiger partial charge on any atom is 0.305 e. The van der Waals surface area contributed by atoms with Gasteiger partial charge in [0.05, 0.1) is 37.9 Å². The SMILES string of the molecule is CC(C)[C@H](NC(=O)CNC(=O)[C@H](CC(=O)O)NC(=O)[C@H](C)NC(=O)CNC(=O)[C@@H](N)Cc1cnc[nH]1)C(=O)N1CCC[C@H]1C(=O)N1CCC[C@H]1C(=O)c1ccccc1. The highest BCUT2D eigenvalue weighted by Crippen LogP contribution is 2.28. The topological polar surface area (TPSA) is 295 Å². The molecule has 2 fully saturated rings. The summed E-state index contributed by atoms with van der Waals surface area (Å²) in [5.74, 6) is -7.01. The number of imidazole rings is 1. The van der Waals surface area contributed by atoms with Crippen molar-refractivity contribution in [3.8, 4) is 0 Å². The Labute approximate surface area is 334 Å². The zero-order chi connectivity index (χ0) is 42.5. The van der Waals surface area contributed by atoms with E-state index in [1.54, 1.807) is 49.1 Å². The fraction of sp³-hybridized carbons (Fsp3) is 0.526. The number of aromatic amines is 1. The number of carbonyl (C=O) groups is 9. The van der Waals surface area contributed by atoms with Crippen LogP contribution >= 0.6 is 0 Å². The Morgan fingerprint density at radius 1 is 0.828 bits per heavy atom. The van der Waals surface area contributed by atoms with E-state index in [4.69, 9.17) is 5.73 Å². The summed E-state index contributed by atoms with van der Waals surface area (Å²) < 4.78 is 0. The largest absolute Gasteiger partial charge is 0.481 e. The normalized spacial score (nSPS) is 18.4. The lowest BCUT2D eigenvalue weighted by Gasteiger charge is -2.34. The van der Waals surface area contributed by atoms with Crippen LogP contribution in [0, 0.1) is 5.92 Å². The van der Waals surface area contributed by atoms with Gasteiger partial charge in [0.15, 0.2) is 5.78 Å². The lowest BCUT2D eigenvalue weighted by Crippen LogP contribution is -2.58. The average Bonchev–Trinajstić information content (AvgIpc) is 4.00. The average molecular weight is 809 g/mol. The molecule has 0 saturated carbocycles. The minimum Gasteiger partial charge on any atom is -0.481 e. The number of nitrogens with one attached hydrogen (secondary N) is 6. The van der Waals surface area contributed by atoms with Crippen molar-refractivity contribution < 1.29 is 48.3 Å². The number of rotatable bonds is 19. The first-order chi connectivity index (χ1) is 27.6. The van der Waals surface area contributed by atoms with E-state index < -0.39 is 103 Å². The van der Waals surface area contributed by atoms with Gasteiger partial charge in [0.1, 0.15) is 24.2 Å². The molecule has 2 saturated heterocycles. The van der Waals surface area contributed by atoms with Crippen molar-refractivity contribution in [3.63, 3.8) is 0 Å². The van der Waals surface area contributed by atoms with E-state index in [-0.39, 0.29) is 24.7 Å².